The van der Waals surface area contributed by atoms with Gasteiger partial charge in [-0.1, -0.05) is 30.3 Å². The van der Waals surface area contributed by atoms with Crippen LogP contribution in [0.4, 0.5) is 13.2 Å². The fourth-order valence-corrected chi connectivity index (χ4v) is 2.12. The van der Waals surface area contributed by atoms with Crippen molar-refractivity contribution in [2.24, 2.45) is 0 Å². The molecule has 2 N–H and O–H groups in total. The summed E-state index contributed by atoms with van der Waals surface area (Å²) in [5.74, 6) is -1.83. The van der Waals surface area contributed by atoms with Gasteiger partial charge in [0, 0.05) is 31.0 Å². The van der Waals surface area contributed by atoms with Crippen LogP contribution in [0.15, 0.2) is 48.3 Å². The van der Waals surface area contributed by atoms with Crippen LogP contribution >= 0.6 is 0 Å². The highest BCUT2D eigenvalue weighted by molar-refractivity contribution is 6.00. The van der Waals surface area contributed by atoms with E-state index in [2.05, 4.69) is 20.6 Å². The molecular weight excluding hydrogens is 321 g/mol. The zero-order valence-corrected chi connectivity index (χ0v) is 12.4. The summed E-state index contributed by atoms with van der Waals surface area (Å²) in [6.45, 7) is 1.35. The average Bonchev–Trinajstić information content (AvgIpc) is 2.52. The number of carbonyl (C=O) groups excluding carboxylic acids is 1. The molecule has 2 aromatic rings. The first-order valence-electron chi connectivity index (χ1n) is 7.14. The highest BCUT2D eigenvalue weighted by Crippen LogP contribution is 2.29. The zero-order chi connectivity index (χ0) is 17.2. The van der Waals surface area contributed by atoms with E-state index in [1.807, 2.05) is 0 Å². The lowest BCUT2D eigenvalue weighted by molar-refractivity contribution is -0.144. The maximum Gasteiger partial charge on any atom is 0.451 e. The Balaban J connectivity index is 1.99. The van der Waals surface area contributed by atoms with E-state index in [9.17, 15) is 18.0 Å². The minimum Gasteiger partial charge on any atom is -0.328 e. The molecular formula is C16H13F3N4O. The van der Waals surface area contributed by atoms with Crippen molar-refractivity contribution < 1.29 is 18.0 Å². The van der Waals surface area contributed by atoms with Crippen LogP contribution in [-0.4, -0.2) is 29.0 Å². The molecule has 8 heteroatoms. The van der Waals surface area contributed by atoms with Crippen LogP contribution in [0.5, 0.6) is 0 Å². The summed E-state index contributed by atoms with van der Waals surface area (Å²) < 4.78 is 38.6. The van der Waals surface area contributed by atoms with E-state index in [4.69, 9.17) is 0 Å². The minimum atomic E-state index is -4.68. The van der Waals surface area contributed by atoms with E-state index < -0.39 is 17.9 Å². The molecule has 3 rings (SSSR count). The van der Waals surface area contributed by atoms with E-state index in [1.54, 1.807) is 36.5 Å². The van der Waals surface area contributed by atoms with Gasteiger partial charge in [0.1, 0.15) is 0 Å². The Bertz CT molecular complexity index is 782. The van der Waals surface area contributed by atoms with Crippen molar-refractivity contribution in [1.29, 1.82) is 0 Å². The van der Waals surface area contributed by atoms with Gasteiger partial charge < -0.3 is 10.6 Å². The van der Waals surface area contributed by atoms with Gasteiger partial charge >= 0.3 is 6.18 Å². The Kier molecular flexibility index (Phi) is 4.30. The number of amides is 1. The molecule has 2 heterocycles. The lowest BCUT2D eigenvalue weighted by atomic mass is 10.1. The third kappa shape index (κ3) is 3.43. The number of rotatable bonds is 3. The zero-order valence-electron chi connectivity index (χ0n) is 12.4. The van der Waals surface area contributed by atoms with Gasteiger partial charge in [-0.15, -0.1) is 0 Å². The molecule has 1 aromatic heterocycles. The third-order valence-electron chi connectivity index (χ3n) is 3.45. The normalized spacial score (nSPS) is 14.0. The smallest absolute Gasteiger partial charge is 0.328 e. The van der Waals surface area contributed by atoms with Crippen LogP contribution in [0.3, 0.4) is 0 Å². The van der Waals surface area contributed by atoms with Crippen LogP contribution in [0.2, 0.25) is 0 Å². The first-order valence-corrected chi connectivity index (χ1v) is 7.14. The number of nitrogens with one attached hydrogen (secondary N) is 2. The van der Waals surface area contributed by atoms with Gasteiger partial charge in [-0.05, 0) is 5.57 Å². The predicted octanol–water partition coefficient (Wildman–Crippen LogP) is 2.38. The standard InChI is InChI=1S/C16H13F3N4O/c17-16(18,19)15-22-9-12(14(24)21-8-10-6-20-7-10)13(23-15)11-4-2-1-3-5-11/h1-5,8-9,20H,6-7H2,(H,21,24). The van der Waals surface area contributed by atoms with Gasteiger partial charge in [-0.25, -0.2) is 9.97 Å². The van der Waals surface area contributed by atoms with Gasteiger partial charge in [0.2, 0.25) is 5.82 Å². The largest absolute Gasteiger partial charge is 0.451 e. The highest BCUT2D eigenvalue weighted by Gasteiger charge is 2.35. The summed E-state index contributed by atoms with van der Waals surface area (Å²) in [5.41, 5.74) is 1.34. The maximum absolute atomic E-state index is 12.9. The molecule has 1 fully saturated rings. The fourth-order valence-electron chi connectivity index (χ4n) is 2.12. The van der Waals surface area contributed by atoms with Crippen LogP contribution in [0, 0.1) is 0 Å². The molecule has 1 aromatic carbocycles. The van der Waals surface area contributed by atoms with E-state index >= 15 is 0 Å². The summed E-state index contributed by atoms with van der Waals surface area (Å²) >= 11 is 0. The first kappa shape index (κ1) is 16.1. The number of halogens is 3. The lowest BCUT2D eigenvalue weighted by Gasteiger charge is -2.18. The molecule has 0 atom stereocenters. The van der Waals surface area contributed by atoms with Crippen LogP contribution < -0.4 is 10.6 Å². The van der Waals surface area contributed by atoms with Gasteiger partial charge in [0.05, 0.1) is 11.3 Å². The molecule has 0 spiro atoms. The molecule has 1 saturated heterocycles. The van der Waals surface area contributed by atoms with Gasteiger partial charge in [-0.2, -0.15) is 13.2 Å². The van der Waals surface area contributed by atoms with E-state index in [0.717, 1.165) is 11.8 Å². The summed E-state index contributed by atoms with van der Waals surface area (Å²) in [6.07, 6.45) is -2.23. The minimum absolute atomic E-state index is 0.0154. The van der Waals surface area contributed by atoms with Crippen molar-refractivity contribution >= 4 is 5.91 Å². The number of hydrogen-bond acceptors (Lipinski definition) is 4. The van der Waals surface area contributed by atoms with Crippen molar-refractivity contribution in [3.05, 3.63) is 59.7 Å². The van der Waals surface area contributed by atoms with Crippen LogP contribution in [-0.2, 0) is 6.18 Å². The third-order valence-corrected chi connectivity index (χ3v) is 3.45. The Morgan fingerprint density at radius 2 is 1.92 bits per heavy atom. The second-order valence-corrected chi connectivity index (χ2v) is 5.20. The predicted molar refractivity (Wildman–Crippen MR) is 80.9 cm³/mol. The SMILES string of the molecule is O=C(NC=C1CNC1)c1cnc(C(F)(F)F)nc1-c1ccccc1. The quantitative estimate of drug-likeness (QED) is 0.904. The van der Waals surface area contributed by atoms with Crippen LogP contribution in [0.25, 0.3) is 11.3 Å². The molecule has 5 nitrogen and oxygen atoms in total. The summed E-state index contributed by atoms with van der Waals surface area (Å²) in [5, 5.41) is 5.58. The maximum atomic E-state index is 12.9. The highest BCUT2D eigenvalue weighted by atomic mass is 19.4. The number of nitrogens with zero attached hydrogens (tertiary/aromatic N) is 2. The van der Waals surface area contributed by atoms with Gasteiger partial charge in [-0.3, -0.25) is 4.79 Å². The van der Waals surface area contributed by atoms with E-state index in [1.165, 1.54) is 0 Å². The van der Waals surface area contributed by atoms with E-state index in [0.29, 0.717) is 18.7 Å². The Labute approximate surface area is 135 Å². The molecule has 1 aliphatic rings. The van der Waals surface area contributed by atoms with Crippen molar-refractivity contribution in [2.75, 3.05) is 13.1 Å². The molecule has 24 heavy (non-hydrogen) atoms. The molecule has 124 valence electrons. The number of benzene rings is 1. The first-order chi connectivity index (χ1) is 11.4. The molecule has 0 aliphatic carbocycles. The number of hydrogen-bond donors (Lipinski definition) is 2. The topological polar surface area (TPSA) is 66.9 Å². The summed E-state index contributed by atoms with van der Waals surface area (Å²) in [4.78, 5) is 19.2. The summed E-state index contributed by atoms with van der Waals surface area (Å²) in [7, 11) is 0. The molecule has 0 bridgehead atoms. The van der Waals surface area contributed by atoms with E-state index in [-0.39, 0.29) is 11.3 Å². The Morgan fingerprint density at radius 1 is 1.21 bits per heavy atom. The molecule has 1 aliphatic heterocycles. The Morgan fingerprint density at radius 3 is 2.50 bits per heavy atom. The van der Waals surface area contributed by atoms with Gasteiger partial charge in [0.25, 0.3) is 5.91 Å². The molecule has 1 amide bonds. The van der Waals surface area contributed by atoms with Crippen molar-refractivity contribution in [1.82, 2.24) is 20.6 Å². The summed E-state index contributed by atoms with van der Waals surface area (Å²) in [6, 6.07) is 8.23. The lowest BCUT2D eigenvalue weighted by Crippen LogP contribution is -2.35. The van der Waals surface area contributed by atoms with Crippen molar-refractivity contribution in [2.45, 2.75) is 6.18 Å². The second kappa shape index (κ2) is 6.40. The average molecular weight is 334 g/mol. The monoisotopic (exact) mass is 334 g/mol. The van der Waals surface area contributed by atoms with Crippen LogP contribution in [0.1, 0.15) is 16.2 Å². The van der Waals surface area contributed by atoms with Gasteiger partial charge in [0.15, 0.2) is 0 Å². The number of carbonyl (C=O) groups is 1. The van der Waals surface area contributed by atoms with Crippen molar-refractivity contribution in [3.8, 4) is 11.3 Å². The van der Waals surface area contributed by atoms with Crippen molar-refractivity contribution in [3.63, 3.8) is 0 Å². The number of alkyl halides is 3. The molecule has 0 saturated carbocycles. The molecule has 0 unspecified atom stereocenters. The fraction of sp³-hybridized carbons (Fsp3) is 0.188. The second-order valence-electron chi connectivity index (χ2n) is 5.20. The Hall–Kier alpha value is -2.74. The molecule has 0 radical (unpaired) electrons. The number of aromatic nitrogens is 2.